The molecule has 0 saturated heterocycles. The molecule has 3 aromatic heterocycles. The van der Waals surface area contributed by atoms with Crippen molar-refractivity contribution in [3.05, 3.63) is 75.4 Å². The summed E-state index contributed by atoms with van der Waals surface area (Å²) in [6.45, 7) is 3.54. The molecule has 0 atom stereocenters. The normalized spacial score (nSPS) is 11.1. The van der Waals surface area contributed by atoms with Gasteiger partial charge in [-0.05, 0) is 44.2 Å². The highest BCUT2D eigenvalue weighted by Crippen LogP contribution is 2.26. The predicted octanol–water partition coefficient (Wildman–Crippen LogP) is 5.13. The maximum absolute atomic E-state index is 13.8. The lowest BCUT2D eigenvalue weighted by Crippen LogP contribution is -2.16. The van der Waals surface area contributed by atoms with Crippen LogP contribution < -0.4 is 5.32 Å². The number of carbonyl (C=O) groups is 1. The maximum atomic E-state index is 13.8. The van der Waals surface area contributed by atoms with E-state index in [0.717, 1.165) is 0 Å². The number of fused-ring (bicyclic) bond motifs is 1. The summed E-state index contributed by atoms with van der Waals surface area (Å²) in [5.74, 6) is -0.197. The number of anilines is 1. The Hall–Kier alpha value is -3.03. The zero-order valence-corrected chi connectivity index (χ0v) is 16.9. The molecule has 0 aliphatic heterocycles. The fourth-order valence-corrected chi connectivity index (χ4v) is 3.48. The van der Waals surface area contributed by atoms with Crippen molar-refractivity contribution in [3.8, 4) is 5.82 Å². The molecule has 4 aromatic rings. The molecule has 0 aliphatic carbocycles. The van der Waals surface area contributed by atoms with E-state index in [4.69, 9.17) is 23.2 Å². The standard InChI is InChI=1S/C20H14Cl2FN5O/c1-10-5-15(14-8-13(23)3-4-17(14)25-10)20(29)26-18-6-11(2)27-28(18)19-16(22)7-12(21)9-24-19/h3-9H,1-2H3,(H,26,29). The first-order chi connectivity index (χ1) is 13.8. The van der Waals surface area contributed by atoms with E-state index < -0.39 is 11.7 Å². The minimum Gasteiger partial charge on any atom is -0.306 e. The van der Waals surface area contributed by atoms with Crippen LogP contribution >= 0.6 is 23.2 Å². The number of nitrogens with zero attached hydrogens (tertiary/aromatic N) is 4. The Kier molecular flexibility index (Phi) is 4.94. The summed E-state index contributed by atoms with van der Waals surface area (Å²) in [6, 6.07) is 8.97. The molecule has 1 N–H and O–H groups in total. The van der Waals surface area contributed by atoms with Crippen LogP contribution in [0.4, 0.5) is 10.2 Å². The maximum Gasteiger partial charge on any atom is 0.257 e. The van der Waals surface area contributed by atoms with Crippen molar-refractivity contribution in [2.24, 2.45) is 0 Å². The average Bonchev–Trinajstić information content (AvgIpc) is 3.01. The molecule has 29 heavy (non-hydrogen) atoms. The molecular weight excluding hydrogens is 416 g/mol. The van der Waals surface area contributed by atoms with Crippen LogP contribution in [0.5, 0.6) is 0 Å². The molecule has 4 rings (SSSR count). The molecular formula is C20H14Cl2FN5O. The molecule has 0 bridgehead atoms. The van der Waals surface area contributed by atoms with Crippen molar-refractivity contribution in [1.82, 2.24) is 19.7 Å². The van der Waals surface area contributed by atoms with Gasteiger partial charge in [-0.15, -0.1) is 0 Å². The van der Waals surface area contributed by atoms with Gasteiger partial charge >= 0.3 is 0 Å². The van der Waals surface area contributed by atoms with Crippen molar-refractivity contribution in [2.75, 3.05) is 5.32 Å². The first kappa shape index (κ1) is 19.3. The Morgan fingerprint density at radius 2 is 1.90 bits per heavy atom. The number of hydrogen-bond acceptors (Lipinski definition) is 4. The molecule has 9 heteroatoms. The van der Waals surface area contributed by atoms with Gasteiger partial charge in [0.1, 0.15) is 11.6 Å². The van der Waals surface area contributed by atoms with Crippen LogP contribution in [0.15, 0.2) is 42.6 Å². The highest BCUT2D eigenvalue weighted by atomic mass is 35.5. The first-order valence-electron chi connectivity index (χ1n) is 8.58. The van der Waals surface area contributed by atoms with Crippen LogP contribution in [0.2, 0.25) is 10.0 Å². The summed E-state index contributed by atoms with van der Waals surface area (Å²) in [6.07, 6.45) is 1.44. The number of carbonyl (C=O) groups excluding carboxylic acids is 1. The van der Waals surface area contributed by atoms with Crippen molar-refractivity contribution >= 4 is 45.8 Å². The number of hydrogen-bond donors (Lipinski definition) is 1. The molecule has 0 aliphatic rings. The van der Waals surface area contributed by atoms with E-state index in [1.165, 1.54) is 29.1 Å². The molecule has 1 amide bonds. The molecule has 0 radical (unpaired) electrons. The summed E-state index contributed by atoms with van der Waals surface area (Å²) < 4.78 is 15.2. The number of aromatic nitrogens is 4. The molecule has 6 nitrogen and oxygen atoms in total. The van der Waals surface area contributed by atoms with E-state index in [0.29, 0.717) is 44.5 Å². The smallest absolute Gasteiger partial charge is 0.257 e. The highest BCUT2D eigenvalue weighted by Gasteiger charge is 2.18. The van der Waals surface area contributed by atoms with E-state index in [9.17, 15) is 9.18 Å². The minimum atomic E-state index is -0.449. The lowest BCUT2D eigenvalue weighted by molar-refractivity contribution is 0.102. The quantitative estimate of drug-likeness (QED) is 0.489. The minimum absolute atomic E-state index is 0.281. The predicted molar refractivity (Wildman–Crippen MR) is 111 cm³/mol. The van der Waals surface area contributed by atoms with Crippen molar-refractivity contribution < 1.29 is 9.18 Å². The monoisotopic (exact) mass is 429 g/mol. The number of rotatable bonds is 3. The van der Waals surface area contributed by atoms with E-state index in [-0.39, 0.29) is 5.02 Å². The largest absolute Gasteiger partial charge is 0.306 e. The Morgan fingerprint density at radius 3 is 2.66 bits per heavy atom. The van der Waals surface area contributed by atoms with Gasteiger partial charge in [0.25, 0.3) is 5.91 Å². The fourth-order valence-electron chi connectivity index (χ4n) is 3.02. The van der Waals surface area contributed by atoms with Gasteiger partial charge in [0.2, 0.25) is 0 Å². The van der Waals surface area contributed by atoms with Crippen LogP contribution in [0.3, 0.4) is 0 Å². The molecule has 3 heterocycles. The van der Waals surface area contributed by atoms with E-state index in [1.807, 2.05) is 0 Å². The van der Waals surface area contributed by atoms with Crippen LogP contribution in [-0.4, -0.2) is 25.7 Å². The van der Waals surface area contributed by atoms with Crippen molar-refractivity contribution in [2.45, 2.75) is 13.8 Å². The summed E-state index contributed by atoms with van der Waals surface area (Å²) in [7, 11) is 0. The second kappa shape index (κ2) is 7.42. The van der Waals surface area contributed by atoms with Gasteiger partial charge in [-0.3, -0.25) is 9.78 Å². The Labute approximate surface area is 175 Å². The topological polar surface area (TPSA) is 72.7 Å². The van der Waals surface area contributed by atoms with E-state index in [1.54, 1.807) is 32.0 Å². The van der Waals surface area contributed by atoms with Crippen LogP contribution in [0.1, 0.15) is 21.7 Å². The van der Waals surface area contributed by atoms with Crippen molar-refractivity contribution in [1.29, 1.82) is 0 Å². The Bertz CT molecular complexity index is 1270. The van der Waals surface area contributed by atoms with Gasteiger partial charge in [0.15, 0.2) is 5.82 Å². The van der Waals surface area contributed by atoms with E-state index >= 15 is 0 Å². The molecule has 146 valence electrons. The molecule has 0 unspecified atom stereocenters. The number of halogens is 3. The summed E-state index contributed by atoms with van der Waals surface area (Å²) in [5.41, 5.74) is 2.12. The van der Waals surface area contributed by atoms with Crippen molar-refractivity contribution in [3.63, 3.8) is 0 Å². The third-order valence-electron chi connectivity index (χ3n) is 4.21. The lowest BCUT2D eigenvalue weighted by Gasteiger charge is -2.11. The van der Waals surface area contributed by atoms with Crippen LogP contribution in [-0.2, 0) is 0 Å². The number of benzene rings is 1. The van der Waals surface area contributed by atoms with Gasteiger partial charge in [-0.25, -0.2) is 9.37 Å². The Morgan fingerprint density at radius 1 is 1.10 bits per heavy atom. The SMILES string of the molecule is Cc1cc(C(=O)Nc2cc(C)nn2-c2ncc(Cl)cc2Cl)c2cc(F)ccc2n1. The Balaban J connectivity index is 1.77. The van der Waals surface area contributed by atoms with Gasteiger partial charge in [-0.2, -0.15) is 9.78 Å². The fraction of sp³-hybridized carbons (Fsp3) is 0.100. The second-order valence-electron chi connectivity index (χ2n) is 6.47. The third kappa shape index (κ3) is 3.79. The lowest BCUT2D eigenvalue weighted by atomic mass is 10.1. The summed E-state index contributed by atoms with van der Waals surface area (Å²) in [5, 5.41) is 8.24. The second-order valence-corrected chi connectivity index (χ2v) is 7.31. The highest BCUT2D eigenvalue weighted by molar-refractivity contribution is 6.35. The van der Waals surface area contributed by atoms with Crippen LogP contribution in [0, 0.1) is 19.7 Å². The zero-order chi connectivity index (χ0) is 20.7. The number of pyridine rings is 2. The first-order valence-corrected chi connectivity index (χ1v) is 9.34. The summed E-state index contributed by atoms with van der Waals surface area (Å²) >= 11 is 12.2. The third-order valence-corrected chi connectivity index (χ3v) is 4.69. The van der Waals surface area contributed by atoms with Gasteiger partial charge < -0.3 is 5.32 Å². The molecule has 0 fully saturated rings. The van der Waals surface area contributed by atoms with Gasteiger partial charge in [0.05, 0.1) is 26.8 Å². The molecule has 0 saturated carbocycles. The number of aryl methyl sites for hydroxylation is 2. The van der Waals surface area contributed by atoms with Crippen LogP contribution in [0.25, 0.3) is 16.7 Å². The zero-order valence-electron chi connectivity index (χ0n) is 15.4. The number of amides is 1. The van der Waals surface area contributed by atoms with Gasteiger partial charge in [-0.1, -0.05) is 23.2 Å². The number of nitrogens with one attached hydrogen (secondary N) is 1. The summed E-state index contributed by atoms with van der Waals surface area (Å²) in [4.78, 5) is 21.6. The average molecular weight is 430 g/mol. The van der Waals surface area contributed by atoms with E-state index in [2.05, 4.69) is 20.4 Å². The van der Waals surface area contributed by atoms with Gasteiger partial charge in [0, 0.05) is 23.3 Å². The molecule has 1 aromatic carbocycles. The molecule has 0 spiro atoms.